The van der Waals surface area contributed by atoms with Gasteiger partial charge in [-0.25, -0.2) is 4.79 Å². The summed E-state index contributed by atoms with van der Waals surface area (Å²) in [6.07, 6.45) is 7.32. The first-order chi connectivity index (χ1) is 9.69. The van der Waals surface area contributed by atoms with Crippen molar-refractivity contribution >= 4 is 11.8 Å². The fourth-order valence-electron chi connectivity index (χ4n) is 2.43. The first-order valence-corrected chi connectivity index (χ1v) is 7.18. The van der Waals surface area contributed by atoms with E-state index in [1.807, 2.05) is 6.08 Å². The van der Waals surface area contributed by atoms with E-state index in [2.05, 4.69) is 17.9 Å². The van der Waals surface area contributed by atoms with E-state index in [0.717, 1.165) is 19.3 Å². The molecule has 0 aromatic heterocycles. The van der Waals surface area contributed by atoms with Gasteiger partial charge in [0.1, 0.15) is 12.4 Å². The van der Waals surface area contributed by atoms with Gasteiger partial charge in [-0.15, -0.1) is 0 Å². The number of ether oxygens (including phenoxy) is 1. The average Bonchev–Trinajstić information content (AvgIpc) is 2.77. The van der Waals surface area contributed by atoms with Crippen molar-refractivity contribution in [2.45, 2.75) is 39.0 Å². The van der Waals surface area contributed by atoms with Gasteiger partial charge in [0.15, 0.2) is 0 Å². The van der Waals surface area contributed by atoms with Crippen LogP contribution in [0, 0.1) is 11.8 Å². The molecule has 114 valence electrons. The van der Waals surface area contributed by atoms with Crippen LogP contribution in [-0.4, -0.2) is 32.1 Å². The molecule has 0 saturated heterocycles. The molecule has 0 bridgehead atoms. The van der Waals surface area contributed by atoms with E-state index in [9.17, 15) is 9.59 Å². The van der Waals surface area contributed by atoms with Gasteiger partial charge in [-0.05, 0) is 25.2 Å². The highest BCUT2D eigenvalue weighted by atomic mass is 17.2. The summed E-state index contributed by atoms with van der Waals surface area (Å²) in [4.78, 5) is 32.9. The van der Waals surface area contributed by atoms with Crippen LogP contribution in [0.4, 0.5) is 0 Å². The molecule has 1 aliphatic carbocycles. The van der Waals surface area contributed by atoms with Crippen molar-refractivity contribution in [1.29, 1.82) is 0 Å². The minimum atomic E-state index is -0.412. The Kier molecular flexibility index (Phi) is 8.14. The maximum atomic E-state index is 11.8. The highest BCUT2D eigenvalue weighted by molar-refractivity contribution is 5.84. The van der Waals surface area contributed by atoms with Gasteiger partial charge in [-0.3, -0.25) is 9.68 Å². The molecule has 0 heterocycles. The predicted molar refractivity (Wildman–Crippen MR) is 73.8 cm³/mol. The Morgan fingerprint density at radius 2 is 2.15 bits per heavy atom. The molecule has 20 heavy (non-hydrogen) atoms. The summed E-state index contributed by atoms with van der Waals surface area (Å²) < 4.78 is 4.77. The van der Waals surface area contributed by atoms with E-state index in [4.69, 9.17) is 9.62 Å². The molecule has 5 heteroatoms. The lowest BCUT2D eigenvalue weighted by atomic mass is 9.89. The Labute approximate surface area is 120 Å². The smallest absolute Gasteiger partial charge is 0.342 e. The second-order valence-electron chi connectivity index (χ2n) is 4.96. The zero-order chi connectivity index (χ0) is 14.8. The third-order valence-corrected chi connectivity index (χ3v) is 3.49. The molecule has 0 radical (unpaired) electrons. The molecule has 0 spiro atoms. The normalized spacial score (nSPS) is 22.6. The highest BCUT2D eigenvalue weighted by Crippen LogP contribution is 2.34. The van der Waals surface area contributed by atoms with Gasteiger partial charge in [0.2, 0.25) is 0 Å². The van der Waals surface area contributed by atoms with Crippen LogP contribution in [0.2, 0.25) is 0 Å². The van der Waals surface area contributed by atoms with Crippen LogP contribution in [-0.2, 0) is 24.1 Å². The third kappa shape index (κ3) is 5.84. The Bertz CT molecular complexity index is 337. The summed E-state index contributed by atoms with van der Waals surface area (Å²) in [5.74, 6) is -0.138. The van der Waals surface area contributed by atoms with Crippen LogP contribution in [0.1, 0.15) is 39.0 Å². The number of ketones is 1. The molecule has 0 aliphatic heterocycles. The van der Waals surface area contributed by atoms with E-state index in [0.29, 0.717) is 13.0 Å². The van der Waals surface area contributed by atoms with Gasteiger partial charge >= 0.3 is 5.97 Å². The first kappa shape index (κ1) is 16.9. The van der Waals surface area contributed by atoms with Crippen LogP contribution in [0.25, 0.3) is 0 Å². The SMILES string of the molecule is CC/C=C\CC1C(=O)CCC1CC(=O)OOCCOC. The monoisotopic (exact) mass is 284 g/mol. The average molecular weight is 284 g/mol. The van der Waals surface area contributed by atoms with Crippen LogP contribution in [0.3, 0.4) is 0 Å². The minimum Gasteiger partial charge on any atom is -0.382 e. The molecule has 5 nitrogen and oxygen atoms in total. The number of methoxy groups -OCH3 is 1. The minimum absolute atomic E-state index is 0.0516. The van der Waals surface area contributed by atoms with Crippen molar-refractivity contribution < 1.29 is 24.1 Å². The van der Waals surface area contributed by atoms with Crippen LogP contribution in [0.15, 0.2) is 12.2 Å². The molecule has 1 fully saturated rings. The fourth-order valence-corrected chi connectivity index (χ4v) is 2.43. The van der Waals surface area contributed by atoms with Crippen molar-refractivity contribution in [2.24, 2.45) is 11.8 Å². The Balaban J connectivity index is 2.34. The molecule has 1 rings (SSSR count). The summed E-state index contributed by atoms with van der Waals surface area (Å²) in [5.41, 5.74) is 0. The molecule has 1 saturated carbocycles. The van der Waals surface area contributed by atoms with Gasteiger partial charge in [-0.1, -0.05) is 19.1 Å². The number of hydrogen-bond donors (Lipinski definition) is 0. The number of carbonyl (C=O) groups is 2. The van der Waals surface area contributed by atoms with E-state index >= 15 is 0 Å². The zero-order valence-electron chi connectivity index (χ0n) is 12.3. The molecule has 2 atom stereocenters. The van der Waals surface area contributed by atoms with Crippen LogP contribution in [0.5, 0.6) is 0 Å². The first-order valence-electron chi connectivity index (χ1n) is 7.18. The maximum absolute atomic E-state index is 11.8. The summed E-state index contributed by atoms with van der Waals surface area (Å²) in [7, 11) is 1.55. The zero-order valence-corrected chi connectivity index (χ0v) is 12.3. The predicted octanol–water partition coefficient (Wildman–Crippen LogP) is 2.45. The van der Waals surface area contributed by atoms with Crippen molar-refractivity contribution in [1.82, 2.24) is 0 Å². The van der Waals surface area contributed by atoms with E-state index in [-0.39, 0.29) is 30.6 Å². The molecule has 0 amide bonds. The molecular weight excluding hydrogens is 260 g/mol. The Morgan fingerprint density at radius 1 is 1.35 bits per heavy atom. The molecule has 0 N–H and O–H groups in total. The third-order valence-electron chi connectivity index (χ3n) is 3.49. The lowest BCUT2D eigenvalue weighted by molar-refractivity contribution is -0.276. The second kappa shape index (κ2) is 9.66. The maximum Gasteiger partial charge on any atom is 0.342 e. The van der Waals surface area contributed by atoms with Crippen LogP contribution < -0.4 is 0 Å². The van der Waals surface area contributed by atoms with Crippen molar-refractivity contribution in [3.63, 3.8) is 0 Å². The largest absolute Gasteiger partial charge is 0.382 e. The van der Waals surface area contributed by atoms with E-state index < -0.39 is 5.97 Å². The van der Waals surface area contributed by atoms with Gasteiger partial charge in [0, 0.05) is 19.4 Å². The number of hydrogen-bond acceptors (Lipinski definition) is 5. The van der Waals surface area contributed by atoms with Gasteiger partial charge in [-0.2, -0.15) is 4.89 Å². The van der Waals surface area contributed by atoms with E-state index in [1.54, 1.807) is 7.11 Å². The van der Waals surface area contributed by atoms with Gasteiger partial charge < -0.3 is 4.74 Å². The molecule has 1 aliphatic rings. The number of Topliss-reactive ketones (excluding diaryl/α,β-unsaturated/α-hetero) is 1. The molecule has 2 unspecified atom stereocenters. The molecular formula is C15H24O5. The van der Waals surface area contributed by atoms with Crippen molar-refractivity contribution in [3.8, 4) is 0 Å². The second-order valence-corrected chi connectivity index (χ2v) is 4.96. The number of rotatable bonds is 9. The fraction of sp³-hybridized carbons (Fsp3) is 0.733. The number of carbonyl (C=O) groups excluding carboxylic acids is 2. The van der Waals surface area contributed by atoms with Crippen molar-refractivity contribution in [3.05, 3.63) is 12.2 Å². The summed E-state index contributed by atoms with van der Waals surface area (Å²) in [6, 6.07) is 0. The Hall–Kier alpha value is -1.20. The summed E-state index contributed by atoms with van der Waals surface area (Å²) in [6.45, 7) is 2.65. The van der Waals surface area contributed by atoms with Gasteiger partial charge in [0.25, 0.3) is 0 Å². The lowest BCUT2D eigenvalue weighted by Gasteiger charge is -2.15. The van der Waals surface area contributed by atoms with E-state index in [1.165, 1.54) is 0 Å². The highest BCUT2D eigenvalue weighted by Gasteiger charge is 2.35. The Morgan fingerprint density at radius 3 is 2.85 bits per heavy atom. The topological polar surface area (TPSA) is 61.8 Å². The van der Waals surface area contributed by atoms with Crippen LogP contribution >= 0.6 is 0 Å². The van der Waals surface area contributed by atoms with Crippen molar-refractivity contribution in [2.75, 3.05) is 20.3 Å². The summed E-state index contributed by atoms with van der Waals surface area (Å²) in [5, 5.41) is 0. The number of allylic oxidation sites excluding steroid dienone is 2. The van der Waals surface area contributed by atoms with Gasteiger partial charge in [0.05, 0.1) is 13.0 Å². The lowest BCUT2D eigenvalue weighted by Crippen LogP contribution is -2.19. The quantitative estimate of drug-likeness (QED) is 0.282. The summed E-state index contributed by atoms with van der Waals surface area (Å²) >= 11 is 0. The molecule has 0 aromatic rings. The standard InChI is InChI=1S/C15H24O5/c1-3-4-5-6-13-12(7-8-14(13)16)11-15(17)20-19-10-9-18-2/h4-5,12-13H,3,6-11H2,1-2H3/b5-4-. The molecule has 0 aromatic carbocycles.